The molecule has 1 saturated carbocycles. The standard InChI is InChI=1S/C11H22FN/c1-11(2,12)10(8-13)9-6-4-3-5-7-9/h9-10H,3-8,13H2,1-2H3. The highest BCUT2D eigenvalue weighted by molar-refractivity contribution is 4.85. The van der Waals surface area contributed by atoms with E-state index in [2.05, 4.69) is 0 Å². The molecule has 1 aliphatic carbocycles. The molecule has 0 aromatic carbocycles. The molecule has 0 amide bonds. The summed E-state index contributed by atoms with van der Waals surface area (Å²) >= 11 is 0. The molecule has 0 aromatic heterocycles. The van der Waals surface area contributed by atoms with Gasteiger partial charge < -0.3 is 5.73 Å². The fourth-order valence-electron chi connectivity index (χ4n) is 2.57. The van der Waals surface area contributed by atoms with Crippen LogP contribution in [-0.4, -0.2) is 12.2 Å². The lowest BCUT2D eigenvalue weighted by atomic mass is 9.74. The predicted octanol–water partition coefficient (Wildman–Crippen LogP) is 2.89. The van der Waals surface area contributed by atoms with Crippen molar-refractivity contribution in [2.75, 3.05) is 6.54 Å². The molecule has 0 spiro atoms. The average Bonchev–Trinajstić information content (AvgIpc) is 2.05. The van der Waals surface area contributed by atoms with Gasteiger partial charge in [0.25, 0.3) is 0 Å². The molecule has 2 N–H and O–H groups in total. The topological polar surface area (TPSA) is 26.0 Å². The van der Waals surface area contributed by atoms with Gasteiger partial charge in [0.05, 0.1) is 0 Å². The smallest absolute Gasteiger partial charge is 0.109 e. The molecule has 1 aliphatic rings. The normalized spacial score (nSPS) is 23.1. The van der Waals surface area contributed by atoms with E-state index in [1.54, 1.807) is 13.8 Å². The quantitative estimate of drug-likeness (QED) is 0.722. The Labute approximate surface area is 80.9 Å². The van der Waals surface area contributed by atoms with Crippen LogP contribution in [0.3, 0.4) is 0 Å². The molecule has 0 heterocycles. The number of halogens is 1. The van der Waals surface area contributed by atoms with Gasteiger partial charge in [0.15, 0.2) is 0 Å². The van der Waals surface area contributed by atoms with Crippen molar-refractivity contribution in [1.82, 2.24) is 0 Å². The van der Waals surface area contributed by atoms with E-state index >= 15 is 0 Å². The summed E-state index contributed by atoms with van der Waals surface area (Å²) in [5, 5.41) is 0. The second-order valence-corrected chi connectivity index (χ2v) is 4.80. The first-order chi connectivity index (χ1) is 6.05. The molecule has 1 unspecified atom stereocenters. The third-order valence-electron chi connectivity index (χ3n) is 3.35. The molecule has 1 fully saturated rings. The molecule has 78 valence electrons. The third kappa shape index (κ3) is 2.94. The number of hydrogen-bond donors (Lipinski definition) is 1. The zero-order chi connectivity index (χ0) is 9.90. The zero-order valence-corrected chi connectivity index (χ0v) is 8.85. The van der Waals surface area contributed by atoms with Crippen LogP contribution in [-0.2, 0) is 0 Å². The number of alkyl halides is 1. The van der Waals surface area contributed by atoms with Crippen LogP contribution in [0, 0.1) is 11.8 Å². The minimum atomic E-state index is -1.10. The highest BCUT2D eigenvalue weighted by Crippen LogP contribution is 2.36. The van der Waals surface area contributed by atoms with E-state index < -0.39 is 5.67 Å². The fourth-order valence-corrected chi connectivity index (χ4v) is 2.57. The molecule has 1 nitrogen and oxygen atoms in total. The van der Waals surface area contributed by atoms with Crippen molar-refractivity contribution in [2.45, 2.75) is 51.6 Å². The molecular formula is C11H22FN. The first-order valence-corrected chi connectivity index (χ1v) is 5.44. The van der Waals surface area contributed by atoms with Crippen LogP contribution in [0.2, 0.25) is 0 Å². The van der Waals surface area contributed by atoms with E-state index in [4.69, 9.17) is 5.73 Å². The monoisotopic (exact) mass is 187 g/mol. The summed E-state index contributed by atoms with van der Waals surface area (Å²) in [6, 6.07) is 0. The summed E-state index contributed by atoms with van der Waals surface area (Å²) in [6.45, 7) is 3.83. The zero-order valence-electron chi connectivity index (χ0n) is 8.85. The molecule has 0 aromatic rings. The summed E-state index contributed by atoms with van der Waals surface area (Å²) in [7, 11) is 0. The maximum Gasteiger partial charge on any atom is 0.109 e. The lowest BCUT2D eigenvalue weighted by Crippen LogP contribution is -2.39. The molecule has 13 heavy (non-hydrogen) atoms. The maximum atomic E-state index is 13.8. The Morgan fingerprint density at radius 2 is 1.85 bits per heavy atom. The highest BCUT2D eigenvalue weighted by Gasteiger charge is 2.34. The molecule has 1 atom stereocenters. The Bertz CT molecular complexity index is 145. The van der Waals surface area contributed by atoms with Crippen molar-refractivity contribution >= 4 is 0 Å². The van der Waals surface area contributed by atoms with Gasteiger partial charge >= 0.3 is 0 Å². The van der Waals surface area contributed by atoms with Gasteiger partial charge in [0.2, 0.25) is 0 Å². The SMILES string of the molecule is CC(C)(F)C(CN)C1CCCCC1. The number of hydrogen-bond acceptors (Lipinski definition) is 1. The minimum absolute atomic E-state index is 0.0628. The van der Waals surface area contributed by atoms with Crippen molar-refractivity contribution < 1.29 is 4.39 Å². The summed E-state index contributed by atoms with van der Waals surface area (Å²) in [6.07, 6.45) is 6.19. The van der Waals surface area contributed by atoms with Crippen molar-refractivity contribution in [3.63, 3.8) is 0 Å². The fraction of sp³-hybridized carbons (Fsp3) is 1.00. The van der Waals surface area contributed by atoms with Gasteiger partial charge in [-0.25, -0.2) is 4.39 Å². The van der Waals surface area contributed by atoms with Gasteiger partial charge in [-0.1, -0.05) is 32.1 Å². The average molecular weight is 187 g/mol. The van der Waals surface area contributed by atoms with Crippen LogP contribution in [0.15, 0.2) is 0 Å². The van der Waals surface area contributed by atoms with E-state index in [1.165, 1.54) is 32.1 Å². The molecule has 0 radical (unpaired) electrons. The molecule has 0 bridgehead atoms. The summed E-state index contributed by atoms with van der Waals surface area (Å²) in [5.41, 5.74) is 4.55. The van der Waals surface area contributed by atoms with Crippen LogP contribution in [0.25, 0.3) is 0 Å². The summed E-state index contributed by atoms with van der Waals surface area (Å²) in [4.78, 5) is 0. The van der Waals surface area contributed by atoms with Crippen LogP contribution in [0.4, 0.5) is 4.39 Å². The van der Waals surface area contributed by atoms with Crippen LogP contribution >= 0.6 is 0 Å². The van der Waals surface area contributed by atoms with Crippen molar-refractivity contribution in [1.29, 1.82) is 0 Å². The lowest BCUT2D eigenvalue weighted by Gasteiger charge is -2.35. The summed E-state index contributed by atoms with van der Waals surface area (Å²) in [5.74, 6) is 0.589. The van der Waals surface area contributed by atoms with E-state index in [-0.39, 0.29) is 5.92 Å². The molecular weight excluding hydrogens is 165 g/mol. The molecule has 2 heteroatoms. The minimum Gasteiger partial charge on any atom is -0.330 e. The van der Waals surface area contributed by atoms with Crippen LogP contribution in [0.1, 0.15) is 46.0 Å². The van der Waals surface area contributed by atoms with Gasteiger partial charge in [0, 0.05) is 5.92 Å². The predicted molar refractivity (Wildman–Crippen MR) is 54.3 cm³/mol. The Hall–Kier alpha value is -0.110. The Morgan fingerprint density at radius 3 is 2.23 bits per heavy atom. The molecule has 0 aliphatic heterocycles. The number of nitrogens with two attached hydrogens (primary N) is 1. The first kappa shape index (κ1) is 11.0. The molecule has 0 saturated heterocycles. The largest absolute Gasteiger partial charge is 0.330 e. The first-order valence-electron chi connectivity index (χ1n) is 5.44. The van der Waals surface area contributed by atoms with Crippen LogP contribution < -0.4 is 5.73 Å². The van der Waals surface area contributed by atoms with Gasteiger partial charge in [-0.3, -0.25) is 0 Å². The third-order valence-corrected chi connectivity index (χ3v) is 3.35. The Balaban J connectivity index is 2.54. The van der Waals surface area contributed by atoms with Gasteiger partial charge in [-0.15, -0.1) is 0 Å². The van der Waals surface area contributed by atoms with E-state index in [9.17, 15) is 4.39 Å². The Kier molecular flexibility index (Phi) is 3.72. The van der Waals surface area contributed by atoms with Gasteiger partial charge in [-0.05, 0) is 26.3 Å². The van der Waals surface area contributed by atoms with Gasteiger partial charge in [-0.2, -0.15) is 0 Å². The van der Waals surface area contributed by atoms with Gasteiger partial charge in [0.1, 0.15) is 5.67 Å². The lowest BCUT2D eigenvalue weighted by molar-refractivity contribution is 0.0674. The Morgan fingerprint density at radius 1 is 1.31 bits per heavy atom. The summed E-state index contributed by atoms with van der Waals surface area (Å²) < 4.78 is 13.8. The second kappa shape index (κ2) is 4.41. The van der Waals surface area contributed by atoms with Crippen molar-refractivity contribution in [3.8, 4) is 0 Å². The van der Waals surface area contributed by atoms with E-state index in [0.717, 1.165) is 0 Å². The molecule has 1 rings (SSSR count). The second-order valence-electron chi connectivity index (χ2n) is 4.80. The maximum absolute atomic E-state index is 13.8. The van der Waals surface area contributed by atoms with Crippen LogP contribution in [0.5, 0.6) is 0 Å². The van der Waals surface area contributed by atoms with Crippen molar-refractivity contribution in [3.05, 3.63) is 0 Å². The highest BCUT2D eigenvalue weighted by atomic mass is 19.1. The number of rotatable bonds is 3. The van der Waals surface area contributed by atoms with E-state index in [0.29, 0.717) is 12.5 Å². The van der Waals surface area contributed by atoms with Crippen molar-refractivity contribution in [2.24, 2.45) is 17.6 Å². The van der Waals surface area contributed by atoms with E-state index in [1.807, 2.05) is 0 Å².